The number of aryl methyl sites for hydroxylation is 2. The van der Waals surface area contributed by atoms with E-state index < -0.39 is 5.97 Å². The predicted octanol–water partition coefficient (Wildman–Crippen LogP) is 3.88. The zero-order valence-electron chi connectivity index (χ0n) is 15.3. The average Bonchev–Trinajstić information content (AvgIpc) is 3.01. The Morgan fingerprint density at radius 1 is 1.07 bits per heavy atom. The standard InChI is InChI=1S/C22H22N2O3/c1-2-23-19-12-6-4-10-16(19)17(21(23)22(26)27)14-20(25)24-13-7-9-15-8-3-5-11-18(15)24/h3-6,8,10-12H,2,7,9,13-14H2,1H3,(H,26,27). The van der Waals surface area contributed by atoms with E-state index in [1.54, 1.807) is 4.57 Å². The van der Waals surface area contributed by atoms with Crippen molar-refractivity contribution in [3.8, 4) is 0 Å². The number of carboxylic acids is 1. The van der Waals surface area contributed by atoms with Crippen molar-refractivity contribution < 1.29 is 14.7 Å². The summed E-state index contributed by atoms with van der Waals surface area (Å²) < 4.78 is 1.78. The number of aromatic nitrogens is 1. The third-order valence-electron chi connectivity index (χ3n) is 5.33. The molecule has 5 heteroatoms. The first kappa shape index (κ1) is 17.3. The smallest absolute Gasteiger partial charge is 0.352 e. The van der Waals surface area contributed by atoms with Crippen molar-refractivity contribution in [2.24, 2.45) is 0 Å². The van der Waals surface area contributed by atoms with Crippen molar-refractivity contribution in [1.29, 1.82) is 0 Å². The molecule has 2 heterocycles. The van der Waals surface area contributed by atoms with Gasteiger partial charge in [0.25, 0.3) is 0 Å². The molecule has 2 aromatic carbocycles. The molecule has 0 bridgehead atoms. The third-order valence-corrected chi connectivity index (χ3v) is 5.33. The Bertz CT molecular complexity index is 1040. The number of carbonyl (C=O) groups excluding carboxylic acids is 1. The van der Waals surface area contributed by atoms with Crippen LogP contribution in [0.5, 0.6) is 0 Å². The first-order chi connectivity index (χ1) is 13.1. The highest BCUT2D eigenvalue weighted by Gasteiger charge is 2.27. The summed E-state index contributed by atoms with van der Waals surface area (Å²) in [6.07, 6.45) is 1.98. The number of aromatic carboxylic acids is 1. The summed E-state index contributed by atoms with van der Waals surface area (Å²) in [6.45, 7) is 3.14. The number of rotatable bonds is 4. The van der Waals surface area contributed by atoms with Gasteiger partial charge in [0.05, 0.1) is 6.42 Å². The quantitative estimate of drug-likeness (QED) is 0.766. The molecule has 5 nitrogen and oxygen atoms in total. The van der Waals surface area contributed by atoms with E-state index in [9.17, 15) is 14.7 Å². The number of carbonyl (C=O) groups is 2. The minimum atomic E-state index is -0.991. The van der Waals surface area contributed by atoms with E-state index >= 15 is 0 Å². The Morgan fingerprint density at radius 2 is 1.81 bits per heavy atom. The normalized spacial score (nSPS) is 13.6. The van der Waals surface area contributed by atoms with Gasteiger partial charge in [-0.05, 0) is 37.5 Å². The van der Waals surface area contributed by atoms with Gasteiger partial charge in [-0.25, -0.2) is 4.79 Å². The average molecular weight is 362 g/mol. The van der Waals surface area contributed by atoms with Crippen LogP contribution in [0.4, 0.5) is 5.69 Å². The minimum Gasteiger partial charge on any atom is -0.477 e. The maximum Gasteiger partial charge on any atom is 0.352 e. The van der Waals surface area contributed by atoms with Crippen molar-refractivity contribution in [3.05, 3.63) is 65.4 Å². The maximum atomic E-state index is 13.2. The third kappa shape index (κ3) is 2.89. The molecule has 1 N–H and O–H groups in total. The fraction of sp³-hybridized carbons (Fsp3) is 0.273. The Kier molecular flexibility index (Phi) is 4.44. The van der Waals surface area contributed by atoms with Crippen LogP contribution in [0.1, 0.15) is 35.0 Å². The molecular formula is C22H22N2O3. The Labute approximate surface area is 157 Å². The van der Waals surface area contributed by atoms with Gasteiger partial charge in [0.2, 0.25) is 5.91 Å². The van der Waals surface area contributed by atoms with E-state index in [1.807, 2.05) is 54.3 Å². The number of nitrogens with zero attached hydrogens (tertiary/aromatic N) is 2. The summed E-state index contributed by atoms with van der Waals surface area (Å²) in [4.78, 5) is 27.0. The number of carboxylic acid groups (broad SMARTS) is 1. The summed E-state index contributed by atoms with van der Waals surface area (Å²) in [6, 6.07) is 15.6. The molecule has 0 aliphatic carbocycles. The number of amides is 1. The summed E-state index contributed by atoms with van der Waals surface area (Å²) in [7, 11) is 0. The topological polar surface area (TPSA) is 62.5 Å². The monoisotopic (exact) mass is 362 g/mol. The Balaban J connectivity index is 1.77. The van der Waals surface area contributed by atoms with Crippen LogP contribution >= 0.6 is 0 Å². The van der Waals surface area contributed by atoms with Gasteiger partial charge in [-0.2, -0.15) is 0 Å². The lowest BCUT2D eigenvalue weighted by Gasteiger charge is -2.29. The largest absolute Gasteiger partial charge is 0.477 e. The Hall–Kier alpha value is -3.08. The Morgan fingerprint density at radius 3 is 2.59 bits per heavy atom. The lowest BCUT2D eigenvalue weighted by atomic mass is 10.00. The second-order valence-corrected chi connectivity index (χ2v) is 6.85. The van der Waals surface area contributed by atoms with E-state index in [4.69, 9.17) is 0 Å². The lowest BCUT2D eigenvalue weighted by Crippen LogP contribution is -2.36. The molecule has 0 saturated heterocycles. The summed E-state index contributed by atoms with van der Waals surface area (Å²) in [5.41, 5.74) is 3.81. The van der Waals surface area contributed by atoms with Crippen LogP contribution in [0.2, 0.25) is 0 Å². The van der Waals surface area contributed by atoms with Crippen molar-refractivity contribution in [2.45, 2.75) is 32.7 Å². The first-order valence-electron chi connectivity index (χ1n) is 9.33. The van der Waals surface area contributed by atoms with Gasteiger partial charge in [-0.1, -0.05) is 36.4 Å². The van der Waals surface area contributed by atoms with Crippen molar-refractivity contribution in [1.82, 2.24) is 4.57 Å². The molecule has 1 amide bonds. The molecule has 4 rings (SSSR count). The van der Waals surface area contributed by atoms with Crippen LogP contribution in [0.15, 0.2) is 48.5 Å². The van der Waals surface area contributed by atoms with Gasteiger partial charge in [-0.3, -0.25) is 4.79 Å². The SMILES string of the molecule is CCn1c(C(=O)O)c(CC(=O)N2CCCc3ccccc32)c2ccccc21. The van der Waals surface area contributed by atoms with Gasteiger partial charge >= 0.3 is 5.97 Å². The van der Waals surface area contributed by atoms with Crippen molar-refractivity contribution >= 4 is 28.5 Å². The zero-order chi connectivity index (χ0) is 19.0. The molecule has 1 aliphatic rings. The molecule has 0 unspecified atom stereocenters. The maximum absolute atomic E-state index is 13.2. The molecule has 0 saturated carbocycles. The molecule has 1 aromatic heterocycles. The van der Waals surface area contributed by atoms with E-state index in [1.165, 1.54) is 5.56 Å². The number of anilines is 1. The minimum absolute atomic E-state index is 0.0522. The number of hydrogen-bond acceptors (Lipinski definition) is 2. The van der Waals surface area contributed by atoms with Gasteiger partial charge in [0.1, 0.15) is 5.69 Å². The van der Waals surface area contributed by atoms with E-state index in [0.29, 0.717) is 18.7 Å². The molecule has 0 atom stereocenters. The summed E-state index contributed by atoms with van der Waals surface area (Å²) in [5.74, 6) is -1.04. The van der Waals surface area contributed by atoms with Crippen LogP contribution in [0, 0.1) is 0 Å². The van der Waals surface area contributed by atoms with Gasteiger partial charge < -0.3 is 14.6 Å². The molecule has 27 heavy (non-hydrogen) atoms. The molecule has 0 fully saturated rings. The lowest BCUT2D eigenvalue weighted by molar-refractivity contribution is -0.118. The van der Waals surface area contributed by atoms with E-state index in [0.717, 1.165) is 29.4 Å². The van der Waals surface area contributed by atoms with Gasteiger partial charge in [0, 0.05) is 35.2 Å². The van der Waals surface area contributed by atoms with Crippen LogP contribution < -0.4 is 4.90 Å². The van der Waals surface area contributed by atoms with Crippen molar-refractivity contribution in [2.75, 3.05) is 11.4 Å². The predicted molar refractivity (Wildman–Crippen MR) is 105 cm³/mol. The van der Waals surface area contributed by atoms with Crippen LogP contribution in [-0.4, -0.2) is 28.1 Å². The second kappa shape index (κ2) is 6.91. The molecule has 0 spiro atoms. The van der Waals surface area contributed by atoms with Crippen LogP contribution in [-0.2, 0) is 24.2 Å². The van der Waals surface area contributed by atoms with Crippen molar-refractivity contribution in [3.63, 3.8) is 0 Å². The first-order valence-corrected chi connectivity index (χ1v) is 9.33. The highest BCUT2D eigenvalue weighted by atomic mass is 16.4. The number of fused-ring (bicyclic) bond motifs is 2. The molecular weight excluding hydrogens is 340 g/mol. The molecule has 3 aromatic rings. The van der Waals surface area contributed by atoms with E-state index in [-0.39, 0.29) is 18.0 Å². The van der Waals surface area contributed by atoms with Crippen LogP contribution in [0.25, 0.3) is 10.9 Å². The van der Waals surface area contributed by atoms with E-state index in [2.05, 4.69) is 6.07 Å². The number of benzene rings is 2. The van der Waals surface area contributed by atoms with Gasteiger partial charge in [-0.15, -0.1) is 0 Å². The number of hydrogen-bond donors (Lipinski definition) is 1. The fourth-order valence-corrected chi connectivity index (χ4v) is 4.17. The summed E-state index contributed by atoms with van der Waals surface area (Å²) in [5, 5.41) is 10.7. The number of para-hydroxylation sites is 2. The molecule has 1 aliphatic heterocycles. The highest BCUT2D eigenvalue weighted by molar-refractivity contribution is 6.03. The highest BCUT2D eigenvalue weighted by Crippen LogP contribution is 2.30. The summed E-state index contributed by atoms with van der Waals surface area (Å²) >= 11 is 0. The van der Waals surface area contributed by atoms with Gasteiger partial charge in [0.15, 0.2) is 0 Å². The molecule has 0 radical (unpaired) electrons. The second-order valence-electron chi connectivity index (χ2n) is 6.85. The molecule has 138 valence electrons. The fourth-order valence-electron chi connectivity index (χ4n) is 4.17. The van der Waals surface area contributed by atoms with Crippen LogP contribution in [0.3, 0.4) is 0 Å². The zero-order valence-corrected chi connectivity index (χ0v) is 15.3.